The monoisotopic (exact) mass is 637 g/mol. The van der Waals surface area contributed by atoms with Gasteiger partial charge in [0, 0.05) is 27.9 Å². The van der Waals surface area contributed by atoms with Crippen molar-refractivity contribution in [1.82, 2.24) is 5.32 Å². The van der Waals surface area contributed by atoms with E-state index in [1.165, 1.54) is 31.2 Å². The number of hydrogen-bond acceptors (Lipinski definition) is 6. The summed E-state index contributed by atoms with van der Waals surface area (Å²) in [5, 5.41) is 8.22. The summed E-state index contributed by atoms with van der Waals surface area (Å²) in [4.78, 5) is 40.6. The van der Waals surface area contributed by atoms with Crippen LogP contribution in [-0.4, -0.2) is 24.8 Å². The Kier molecular flexibility index (Phi) is 10.4. The van der Waals surface area contributed by atoms with Gasteiger partial charge in [0.2, 0.25) is 5.91 Å². The van der Waals surface area contributed by atoms with Crippen molar-refractivity contribution < 1.29 is 23.5 Å². The van der Waals surface area contributed by atoms with Gasteiger partial charge in [0.1, 0.15) is 22.5 Å². The molecule has 0 saturated heterocycles. The van der Waals surface area contributed by atoms with E-state index in [0.29, 0.717) is 33.5 Å². The molecule has 10 heteroatoms. The molecule has 0 aliphatic carbocycles. The second kappa shape index (κ2) is 15.0. The van der Waals surface area contributed by atoms with Crippen LogP contribution in [0, 0.1) is 0 Å². The van der Waals surface area contributed by atoms with Crippen LogP contribution in [0.1, 0.15) is 26.9 Å². The first kappa shape index (κ1) is 31.2. The lowest BCUT2D eigenvalue weighted by Crippen LogP contribution is -2.30. The predicted octanol–water partition coefficient (Wildman–Crippen LogP) is 7.82. The Morgan fingerprint density at radius 1 is 0.822 bits per heavy atom. The van der Waals surface area contributed by atoms with E-state index in [-0.39, 0.29) is 11.6 Å². The van der Waals surface area contributed by atoms with E-state index in [1.54, 1.807) is 78.9 Å². The van der Waals surface area contributed by atoms with Crippen molar-refractivity contribution in [3.63, 3.8) is 0 Å². The number of nitrogens with one attached hydrogen (secondary N) is 3. The van der Waals surface area contributed by atoms with E-state index < -0.39 is 17.1 Å². The highest BCUT2D eigenvalue weighted by Crippen LogP contribution is 2.38. The molecule has 3 amide bonds. The van der Waals surface area contributed by atoms with Crippen molar-refractivity contribution in [3.8, 4) is 5.75 Å². The molecule has 0 fully saturated rings. The number of carbonyl (C=O) groups is 3. The summed E-state index contributed by atoms with van der Waals surface area (Å²) < 4.78 is 10.6. The van der Waals surface area contributed by atoms with Crippen molar-refractivity contribution in [1.29, 1.82) is 0 Å². The quantitative estimate of drug-likeness (QED) is 0.101. The smallest absolute Gasteiger partial charge is 0.272 e. The van der Waals surface area contributed by atoms with Gasteiger partial charge >= 0.3 is 0 Å². The lowest BCUT2D eigenvalue weighted by Gasteiger charge is -2.18. The van der Waals surface area contributed by atoms with Gasteiger partial charge in [-0.25, -0.2) is 0 Å². The number of benzene rings is 4. The van der Waals surface area contributed by atoms with Gasteiger partial charge in [0.15, 0.2) is 0 Å². The van der Waals surface area contributed by atoms with Crippen molar-refractivity contribution >= 4 is 58.5 Å². The lowest BCUT2D eigenvalue weighted by molar-refractivity contribution is -0.116. The van der Waals surface area contributed by atoms with Crippen LogP contribution >= 0.6 is 23.4 Å². The molecule has 5 rings (SSSR count). The van der Waals surface area contributed by atoms with Gasteiger partial charge in [-0.15, -0.1) is 11.8 Å². The first-order valence-corrected chi connectivity index (χ1v) is 15.0. The lowest BCUT2D eigenvalue weighted by atomic mass is 10.1. The fourth-order valence-electron chi connectivity index (χ4n) is 4.29. The van der Waals surface area contributed by atoms with Gasteiger partial charge in [0.05, 0.1) is 18.4 Å². The Hall–Kier alpha value is -5.25. The van der Waals surface area contributed by atoms with Crippen LogP contribution in [0.3, 0.4) is 0 Å². The van der Waals surface area contributed by atoms with Gasteiger partial charge in [-0.05, 0) is 66.2 Å². The molecule has 1 aromatic heterocycles. The topological polar surface area (TPSA) is 110 Å². The van der Waals surface area contributed by atoms with Crippen LogP contribution in [0.25, 0.3) is 6.08 Å². The average Bonchev–Trinajstić information content (AvgIpc) is 3.57. The maximum atomic E-state index is 13.6. The molecular formula is C35H28ClN3O5S. The second-order valence-corrected chi connectivity index (χ2v) is 11.2. The molecule has 0 aliphatic heterocycles. The Labute approximate surface area is 269 Å². The zero-order valence-electron chi connectivity index (χ0n) is 24.0. The Bertz CT molecular complexity index is 1810. The molecule has 3 N–H and O–H groups in total. The predicted molar refractivity (Wildman–Crippen MR) is 177 cm³/mol. The summed E-state index contributed by atoms with van der Waals surface area (Å²) in [6, 6.07) is 33.5. The molecule has 1 heterocycles. The molecule has 5 aromatic rings. The molecule has 0 spiro atoms. The molecule has 1 atom stereocenters. The van der Waals surface area contributed by atoms with Crippen molar-refractivity contribution in [2.24, 2.45) is 0 Å². The first-order chi connectivity index (χ1) is 21.9. The first-order valence-electron chi connectivity index (χ1n) is 13.8. The highest BCUT2D eigenvalue weighted by Gasteiger charge is 2.23. The second-order valence-electron chi connectivity index (χ2n) is 9.62. The summed E-state index contributed by atoms with van der Waals surface area (Å²) >= 11 is 7.59. The maximum Gasteiger partial charge on any atom is 0.272 e. The fraction of sp³-hybridized carbons (Fsp3) is 0.0571. The van der Waals surface area contributed by atoms with Gasteiger partial charge in [-0.3, -0.25) is 14.4 Å². The van der Waals surface area contributed by atoms with Gasteiger partial charge in [0.25, 0.3) is 11.8 Å². The van der Waals surface area contributed by atoms with E-state index in [0.717, 1.165) is 10.5 Å². The summed E-state index contributed by atoms with van der Waals surface area (Å²) in [6.45, 7) is 0. The molecular weight excluding hydrogens is 610 g/mol. The van der Waals surface area contributed by atoms with Crippen molar-refractivity contribution in [3.05, 3.63) is 149 Å². The normalized spacial score (nSPS) is 11.7. The van der Waals surface area contributed by atoms with Crippen LogP contribution in [-0.2, 0) is 9.59 Å². The molecule has 0 aliphatic rings. The van der Waals surface area contributed by atoms with E-state index in [1.807, 2.05) is 36.4 Å². The van der Waals surface area contributed by atoms with Gasteiger partial charge in [-0.1, -0.05) is 66.2 Å². The third-order valence-electron chi connectivity index (χ3n) is 6.46. The molecule has 8 nitrogen and oxygen atoms in total. The summed E-state index contributed by atoms with van der Waals surface area (Å²) in [5.74, 6) is -0.347. The molecule has 226 valence electrons. The van der Waals surface area contributed by atoms with Crippen LogP contribution in [0.4, 0.5) is 11.4 Å². The number of methoxy groups -OCH3 is 1. The Balaban J connectivity index is 1.35. The number of hydrogen-bond donors (Lipinski definition) is 3. The number of anilines is 2. The zero-order valence-corrected chi connectivity index (χ0v) is 25.6. The van der Waals surface area contributed by atoms with Gasteiger partial charge < -0.3 is 25.1 Å². The minimum atomic E-state index is -0.627. The van der Waals surface area contributed by atoms with E-state index in [9.17, 15) is 14.4 Å². The molecule has 0 saturated carbocycles. The minimum absolute atomic E-state index is 0.00319. The van der Waals surface area contributed by atoms with Crippen LogP contribution in [0.15, 0.2) is 137 Å². The fourth-order valence-corrected chi connectivity index (χ4v) is 5.63. The number of furan rings is 1. The molecule has 4 aromatic carbocycles. The Morgan fingerprint density at radius 2 is 1.56 bits per heavy atom. The molecule has 0 bridgehead atoms. The SMILES string of the molecule is COc1ccc(NC(=O)C(Sc2cccc(NC(=O)/C(=C/c3ccco3)NC(=O)c3ccccc3)c2)c2ccccc2)cc1Cl. The average molecular weight is 638 g/mol. The third kappa shape index (κ3) is 8.44. The molecule has 0 radical (unpaired) electrons. The van der Waals surface area contributed by atoms with Crippen molar-refractivity contribution in [2.75, 3.05) is 17.7 Å². The van der Waals surface area contributed by atoms with E-state index >= 15 is 0 Å². The summed E-state index contributed by atoms with van der Waals surface area (Å²) in [6.07, 6.45) is 2.93. The van der Waals surface area contributed by atoms with Crippen LogP contribution in [0.5, 0.6) is 5.75 Å². The highest BCUT2D eigenvalue weighted by atomic mass is 35.5. The van der Waals surface area contributed by atoms with E-state index in [4.69, 9.17) is 20.8 Å². The number of ether oxygens (including phenoxy) is 1. The number of thioether (sulfide) groups is 1. The summed E-state index contributed by atoms with van der Waals surface area (Å²) in [7, 11) is 1.52. The maximum absolute atomic E-state index is 13.6. The van der Waals surface area contributed by atoms with Gasteiger partial charge in [-0.2, -0.15) is 0 Å². The van der Waals surface area contributed by atoms with Crippen molar-refractivity contribution in [2.45, 2.75) is 10.1 Å². The Morgan fingerprint density at radius 3 is 2.24 bits per heavy atom. The highest BCUT2D eigenvalue weighted by molar-refractivity contribution is 8.00. The summed E-state index contributed by atoms with van der Waals surface area (Å²) in [5.41, 5.74) is 2.19. The number of rotatable bonds is 11. The molecule has 1 unspecified atom stereocenters. The standard InChI is InChI=1S/C35H28ClN3O5S/c1-43-31-18-17-26(21-29(31)36)38-35(42)32(23-10-4-2-5-11-23)45-28-16-8-14-25(20-28)37-34(41)30(22-27-15-9-19-44-27)39-33(40)24-12-6-3-7-13-24/h2-22,32H,1H3,(H,37,41)(H,38,42)(H,39,40)/b30-22-. The molecule has 45 heavy (non-hydrogen) atoms. The number of amides is 3. The van der Waals surface area contributed by atoms with Crippen LogP contribution < -0.4 is 20.7 Å². The van der Waals surface area contributed by atoms with E-state index in [2.05, 4.69) is 16.0 Å². The zero-order chi connectivity index (χ0) is 31.6. The third-order valence-corrected chi connectivity index (χ3v) is 8.01. The minimum Gasteiger partial charge on any atom is -0.495 e. The largest absolute Gasteiger partial charge is 0.495 e. The van der Waals surface area contributed by atoms with Crippen LogP contribution in [0.2, 0.25) is 5.02 Å². The number of halogens is 1. The number of carbonyl (C=O) groups excluding carboxylic acids is 3.